The molecule has 1 aliphatic heterocycles. The standard InChI is InChI=1S/C14H19ClN2O2/c1-2-16(7-8-18)12-3-5-13(6-4-12)17-10-11(15)9-14(17)19/h3-6,11,18H,2,7-10H2,1H3. The Labute approximate surface area is 118 Å². The fourth-order valence-electron chi connectivity index (χ4n) is 2.35. The SMILES string of the molecule is CCN(CCO)c1ccc(N2CC(Cl)CC2=O)cc1. The van der Waals surface area contributed by atoms with E-state index in [-0.39, 0.29) is 17.9 Å². The summed E-state index contributed by atoms with van der Waals surface area (Å²) in [5.74, 6) is 0.0791. The van der Waals surface area contributed by atoms with E-state index in [1.165, 1.54) is 0 Å². The second-order valence-electron chi connectivity index (χ2n) is 4.63. The van der Waals surface area contributed by atoms with Gasteiger partial charge in [0.2, 0.25) is 5.91 Å². The third kappa shape index (κ3) is 3.19. The van der Waals surface area contributed by atoms with E-state index in [1.54, 1.807) is 4.90 Å². The Morgan fingerprint density at radius 1 is 1.42 bits per heavy atom. The highest BCUT2D eigenvalue weighted by atomic mass is 35.5. The summed E-state index contributed by atoms with van der Waals surface area (Å²) < 4.78 is 0. The topological polar surface area (TPSA) is 43.8 Å². The Morgan fingerprint density at radius 3 is 2.58 bits per heavy atom. The average Bonchev–Trinajstić information content (AvgIpc) is 2.75. The Bertz CT molecular complexity index is 436. The highest BCUT2D eigenvalue weighted by molar-refractivity contribution is 6.24. The van der Waals surface area contributed by atoms with Gasteiger partial charge >= 0.3 is 0 Å². The second-order valence-corrected chi connectivity index (χ2v) is 5.24. The van der Waals surface area contributed by atoms with Gasteiger partial charge in [-0.3, -0.25) is 4.79 Å². The summed E-state index contributed by atoms with van der Waals surface area (Å²) in [7, 11) is 0. The van der Waals surface area contributed by atoms with E-state index < -0.39 is 0 Å². The van der Waals surface area contributed by atoms with E-state index in [0.717, 1.165) is 17.9 Å². The zero-order valence-corrected chi connectivity index (χ0v) is 11.8. The van der Waals surface area contributed by atoms with Crippen molar-refractivity contribution in [1.82, 2.24) is 0 Å². The van der Waals surface area contributed by atoms with Gasteiger partial charge < -0.3 is 14.9 Å². The third-order valence-corrected chi connectivity index (χ3v) is 3.65. The lowest BCUT2D eigenvalue weighted by Crippen LogP contribution is -2.27. The van der Waals surface area contributed by atoms with Gasteiger partial charge in [0.05, 0.1) is 12.0 Å². The number of carbonyl (C=O) groups is 1. The van der Waals surface area contributed by atoms with Gasteiger partial charge in [0.25, 0.3) is 0 Å². The molecule has 1 amide bonds. The smallest absolute Gasteiger partial charge is 0.228 e. The molecule has 0 saturated carbocycles. The van der Waals surface area contributed by atoms with Crippen LogP contribution in [0.15, 0.2) is 24.3 Å². The van der Waals surface area contributed by atoms with E-state index in [4.69, 9.17) is 16.7 Å². The molecule has 5 heteroatoms. The lowest BCUT2D eigenvalue weighted by atomic mass is 10.2. The van der Waals surface area contributed by atoms with E-state index in [0.29, 0.717) is 19.5 Å². The van der Waals surface area contributed by atoms with Gasteiger partial charge in [-0.1, -0.05) is 0 Å². The Balaban J connectivity index is 2.12. The van der Waals surface area contributed by atoms with Crippen molar-refractivity contribution in [2.24, 2.45) is 0 Å². The second kappa shape index (κ2) is 6.26. The molecule has 1 aromatic carbocycles. The first-order chi connectivity index (χ1) is 9.15. The molecule has 1 heterocycles. The quantitative estimate of drug-likeness (QED) is 0.838. The van der Waals surface area contributed by atoms with Crippen molar-refractivity contribution in [3.8, 4) is 0 Å². The van der Waals surface area contributed by atoms with Crippen molar-refractivity contribution in [3.05, 3.63) is 24.3 Å². The van der Waals surface area contributed by atoms with E-state index in [1.807, 2.05) is 31.2 Å². The number of likely N-dealkylation sites (N-methyl/N-ethyl adjacent to an activating group) is 1. The first-order valence-corrected chi connectivity index (χ1v) is 6.99. The summed E-state index contributed by atoms with van der Waals surface area (Å²) in [4.78, 5) is 15.6. The number of nitrogens with zero attached hydrogens (tertiary/aromatic N) is 2. The maximum atomic E-state index is 11.8. The molecule has 0 bridgehead atoms. The fraction of sp³-hybridized carbons (Fsp3) is 0.500. The summed E-state index contributed by atoms with van der Waals surface area (Å²) in [6.07, 6.45) is 0.412. The molecule has 19 heavy (non-hydrogen) atoms. The van der Waals surface area contributed by atoms with Gasteiger partial charge in [-0.15, -0.1) is 11.6 Å². The number of hydrogen-bond acceptors (Lipinski definition) is 3. The summed E-state index contributed by atoms with van der Waals surface area (Å²) in [6, 6.07) is 7.82. The van der Waals surface area contributed by atoms with Gasteiger partial charge in [-0.2, -0.15) is 0 Å². The highest BCUT2D eigenvalue weighted by Crippen LogP contribution is 2.26. The number of anilines is 2. The third-order valence-electron chi connectivity index (χ3n) is 3.36. The predicted octanol–water partition coefficient (Wildman–Crippen LogP) is 1.85. The molecule has 1 saturated heterocycles. The Morgan fingerprint density at radius 2 is 2.11 bits per heavy atom. The van der Waals surface area contributed by atoms with Crippen LogP contribution in [-0.4, -0.2) is 42.6 Å². The van der Waals surface area contributed by atoms with Crippen LogP contribution in [0.25, 0.3) is 0 Å². The maximum absolute atomic E-state index is 11.8. The summed E-state index contributed by atoms with van der Waals surface area (Å²) >= 11 is 6.00. The van der Waals surface area contributed by atoms with Crippen LogP contribution < -0.4 is 9.80 Å². The number of alkyl halides is 1. The van der Waals surface area contributed by atoms with Crippen LogP contribution in [0.2, 0.25) is 0 Å². The highest BCUT2D eigenvalue weighted by Gasteiger charge is 2.28. The fourth-order valence-corrected chi connectivity index (χ4v) is 2.62. The van der Waals surface area contributed by atoms with Gasteiger partial charge in [0, 0.05) is 37.4 Å². The molecule has 1 atom stereocenters. The molecule has 1 N–H and O–H groups in total. The number of carbonyl (C=O) groups excluding carboxylic acids is 1. The molecular formula is C14H19ClN2O2. The molecule has 1 fully saturated rings. The number of aliphatic hydroxyl groups excluding tert-OH is 1. The van der Waals surface area contributed by atoms with Crippen LogP contribution >= 0.6 is 11.6 Å². The molecule has 104 valence electrons. The van der Waals surface area contributed by atoms with Gasteiger partial charge in [-0.05, 0) is 31.2 Å². The van der Waals surface area contributed by atoms with Crippen molar-refractivity contribution in [2.75, 3.05) is 36.0 Å². The largest absolute Gasteiger partial charge is 0.395 e. The minimum Gasteiger partial charge on any atom is -0.395 e. The van der Waals surface area contributed by atoms with Crippen molar-refractivity contribution in [2.45, 2.75) is 18.7 Å². The zero-order valence-electron chi connectivity index (χ0n) is 11.1. The molecular weight excluding hydrogens is 264 g/mol. The summed E-state index contributed by atoms with van der Waals surface area (Å²) in [5, 5.41) is 8.92. The normalized spacial score (nSPS) is 19.0. The molecule has 1 unspecified atom stereocenters. The van der Waals surface area contributed by atoms with Gasteiger partial charge in [0.1, 0.15) is 0 Å². The maximum Gasteiger partial charge on any atom is 0.228 e. The molecule has 0 aliphatic carbocycles. The summed E-state index contributed by atoms with van der Waals surface area (Å²) in [6.45, 7) is 4.21. The van der Waals surface area contributed by atoms with Crippen LogP contribution in [0.1, 0.15) is 13.3 Å². The van der Waals surface area contributed by atoms with Gasteiger partial charge in [0.15, 0.2) is 0 Å². The van der Waals surface area contributed by atoms with Crippen molar-refractivity contribution in [3.63, 3.8) is 0 Å². The van der Waals surface area contributed by atoms with Crippen LogP contribution in [0.5, 0.6) is 0 Å². The number of rotatable bonds is 5. The number of halogens is 1. The Kier molecular flexibility index (Phi) is 4.66. The predicted molar refractivity (Wildman–Crippen MR) is 78.0 cm³/mol. The molecule has 1 aliphatic rings. The minimum atomic E-state index is -0.0892. The number of benzene rings is 1. The van der Waals surface area contributed by atoms with Crippen LogP contribution in [-0.2, 0) is 4.79 Å². The Hall–Kier alpha value is -1.26. The molecule has 0 radical (unpaired) electrons. The zero-order chi connectivity index (χ0) is 13.8. The number of amides is 1. The number of hydrogen-bond donors (Lipinski definition) is 1. The van der Waals surface area contributed by atoms with Crippen molar-refractivity contribution < 1.29 is 9.90 Å². The molecule has 0 aromatic heterocycles. The van der Waals surface area contributed by atoms with E-state index in [2.05, 4.69) is 4.90 Å². The average molecular weight is 283 g/mol. The molecule has 0 spiro atoms. The van der Waals surface area contributed by atoms with Crippen molar-refractivity contribution >= 4 is 28.9 Å². The minimum absolute atomic E-state index is 0.0791. The lowest BCUT2D eigenvalue weighted by Gasteiger charge is -2.23. The van der Waals surface area contributed by atoms with Gasteiger partial charge in [-0.25, -0.2) is 0 Å². The molecule has 4 nitrogen and oxygen atoms in total. The van der Waals surface area contributed by atoms with Crippen LogP contribution in [0.3, 0.4) is 0 Å². The van der Waals surface area contributed by atoms with Crippen LogP contribution in [0.4, 0.5) is 11.4 Å². The van der Waals surface area contributed by atoms with E-state index >= 15 is 0 Å². The van der Waals surface area contributed by atoms with Crippen molar-refractivity contribution in [1.29, 1.82) is 0 Å². The lowest BCUT2D eigenvalue weighted by molar-refractivity contribution is -0.117. The first kappa shape index (κ1) is 14.2. The molecule has 1 aromatic rings. The van der Waals surface area contributed by atoms with Crippen LogP contribution in [0, 0.1) is 0 Å². The molecule has 2 rings (SSSR count). The number of aliphatic hydroxyl groups is 1. The summed E-state index contributed by atoms with van der Waals surface area (Å²) in [5.41, 5.74) is 1.94. The van der Waals surface area contributed by atoms with E-state index in [9.17, 15) is 4.79 Å². The monoisotopic (exact) mass is 282 g/mol. The first-order valence-electron chi connectivity index (χ1n) is 6.56.